The highest BCUT2D eigenvalue weighted by Gasteiger charge is 2.17. The molecule has 28 heavy (non-hydrogen) atoms. The Morgan fingerprint density at radius 2 is 1.96 bits per heavy atom. The van der Waals surface area contributed by atoms with Crippen LogP contribution in [0.1, 0.15) is 29.0 Å². The smallest absolute Gasteiger partial charge is 0.238 e. The summed E-state index contributed by atoms with van der Waals surface area (Å²) in [4.78, 5) is 13.7. The molecule has 0 bridgehead atoms. The Balaban J connectivity index is 1.71. The summed E-state index contributed by atoms with van der Waals surface area (Å²) in [5.74, 6) is 0.412. The van der Waals surface area contributed by atoms with Crippen LogP contribution in [0.25, 0.3) is 0 Å². The summed E-state index contributed by atoms with van der Waals surface area (Å²) in [5, 5.41) is 8.82. The van der Waals surface area contributed by atoms with Crippen molar-refractivity contribution >= 4 is 34.5 Å². The van der Waals surface area contributed by atoms with Crippen molar-refractivity contribution in [2.45, 2.75) is 19.4 Å². The number of ether oxygens (including phenoxy) is 1. The molecule has 0 fully saturated rings. The molecule has 1 aromatic heterocycles. The third-order valence-electron chi connectivity index (χ3n) is 4.45. The molecule has 1 heterocycles. The average molecular weight is 415 g/mol. The van der Waals surface area contributed by atoms with E-state index in [1.54, 1.807) is 36.6 Å². The SMILES string of the molecule is CCc1ccc(C(NCC(=O)Nc2cc(Cl)ccc2OC)c2cccs2)cc1. The van der Waals surface area contributed by atoms with Crippen molar-refractivity contribution in [2.75, 3.05) is 19.0 Å². The summed E-state index contributed by atoms with van der Waals surface area (Å²) in [6.45, 7) is 2.30. The summed E-state index contributed by atoms with van der Waals surface area (Å²) >= 11 is 7.70. The molecule has 146 valence electrons. The number of rotatable bonds is 8. The van der Waals surface area contributed by atoms with Crippen LogP contribution in [-0.2, 0) is 11.2 Å². The minimum Gasteiger partial charge on any atom is -0.495 e. The highest BCUT2D eigenvalue weighted by Crippen LogP contribution is 2.28. The normalized spacial score (nSPS) is 11.8. The van der Waals surface area contributed by atoms with Crippen LogP contribution in [0.4, 0.5) is 5.69 Å². The largest absolute Gasteiger partial charge is 0.495 e. The maximum absolute atomic E-state index is 12.5. The number of thiophene rings is 1. The monoisotopic (exact) mass is 414 g/mol. The van der Waals surface area contributed by atoms with Crippen LogP contribution in [0, 0.1) is 0 Å². The van der Waals surface area contributed by atoms with E-state index in [0.717, 1.165) is 16.9 Å². The molecule has 3 aromatic rings. The number of hydrogen-bond acceptors (Lipinski definition) is 4. The summed E-state index contributed by atoms with van der Waals surface area (Å²) in [6.07, 6.45) is 1.00. The fraction of sp³-hybridized carbons (Fsp3) is 0.227. The number of methoxy groups -OCH3 is 1. The summed E-state index contributed by atoms with van der Waals surface area (Å²) in [5.41, 5.74) is 2.98. The summed E-state index contributed by atoms with van der Waals surface area (Å²) < 4.78 is 5.28. The Labute approximate surface area is 174 Å². The molecule has 0 spiro atoms. The Kier molecular flexibility index (Phi) is 7.09. The van der Waals surface area contributed by atoms with E-state index in [0.29, 0.717) is 16.5 Å². The zero-order chi connectivity index (χ0) is 19.9. The van der Waals surface area contributed by atoms with Gasteiger partial charge in [-0.15, -0.1) is 11.3 Å². The zero-order valence-corrected chi connectivity index (χ0v) is 17.4. The Bertz CT molecular complexity index is 911. The minimum absolute atomic E-state index is 0.0436. The van der Waals surface area contributed by atoms with Crippen molar-refractivity contribution in [3.05, 3.63) is 81.0 Å². The van der Waals surface area contributed by atoms with E-state index < -0.39 is 0 Å². The number of anilines is 1. The van der Waals surface area contributed by atoms with Gasteiger partial charge in [-0.25, -0.2) is 0 Å². The lowest BCUT2D eigenvalue weighted by Gasteiger charge is -2.19. The van der Waals surface area contributed by atoms with Crippen LogP contribution in [0.3, 0.4) is 0 Å². The van der Waals surface area contributed by atoms with Gasteiger partial charge in [0.1, 0.15) is 5.75 Å². The Morgan fingerprint density at radius 1 is 1.18 bits per heavy atom. The number of amides is 1. The molecule has 6 heteroatoms. The van der Waals surface area contributed by atoms with Crippen molar-refractivity contribution in [3.63, 3.8) is 0 Å². The molecule has 0 saturated heterocycles. The van der Waals surface area contributed by atoms with Crippen LogP contribution < -0.4 is 15.4 Å². The van der Waals surface area contributed by atoms with Crippen LogP contribution in [0.15, 0.2) is 60.0 Å². The second-order valence-electron chi connectivity index (χ2n) is 6.32. The summed E-state index contributed by atoms with van der Waals surface area (Å²) in [6, 6.07) is 17.7. The predicted octanol–water partition coefficient (Wildman–Crippen LogP) is 5.29. The second kappa shape index (κ2) is 9.73. The van der Waals surface area contributed by atoms with Crippen molar-refractivity contribution in [1.82, 2.24) is 5.32 Å². The van der Waals surface area contributed by atoms with Gasteiger partial charge in [-0.1, -0.05) is 48.9 Å². The number of aryl methyl sites for hydroxylation is 1. The van der Waals surface area contributed by atoms with E-state index in [1.165, 1.54) is 5.56 Å². The Hall–Kier alpha value is -2.34. The molecular formula is C22H23ClN2O2S. The average Bonchev–Trinajstić information content (AvgIpc) is 3.23. The van der Waals surface area contributed by atoms with E-state index in [4.69, 9.17) is 16.3 Å². The second-order valence-corrected chi connectivity index (χ2v) is 7.73. The van der Waals surface area contributed by atoms with Gasteiger partial charge in [0.2, 0.25) is 5.91 Å². The first-order valence-corrected chi connectivity index (χ1v) is 10.4. The van der Waals surface area contributed by atoms with E-state index in [2.05, 4.69) is 47.9 Å². The van der Waals surface area contributed by atoms with Gasteiger partial charge in [-0.3, -0.25) is 10.1 Å². The number of carbonyl (C=O) groups excluding carboxylic acids is 1. The predicted molar refractivity (Wildman–Crippen MR) is 117 cm³/mol. The van der Waals surface area contributed by atoms with Crippen LogP contribution in [-0.4, -0.2) is 19.6 Å². The van der Waals surface area contributed by atoms with E-state index >= 15 is 0 Å². The maximum atomic E-state index is 12.5. The third kappa shape index (κ3) is 5.13. The zero-order valence-electron chi connectivity index (χ0n) is 15.9. The topological polar surface area (TPSA) is 50.4 Å². The third-order valence-corrected chi connectivity index (χ3v) is 5.62. The van der Waals surface area contributed by atoms with Crippen molar-refractivity contribution in [2.24, 2.45) is 0 Å². The van der Waals surface area contributed by atoms with Gasteiger partial charge in [0.05, 0.1) is 25.4 Å². The van der Waals surface area contributed by atoms with Gasteiger partial charge in [0.15, 0.2) is 0 Å². The quantitative estimate of drug-likeness (QED) is 0.526. The molecule has 1 amide bonds. The lowest BCUT2D eigenvalue weighted by atomic mass is 10.0. The fourth-order valence-corrected chi connectivity index (χ4v) is 3.95. The molecule has 4 nitrogen and oxygen atoms in total. The van der Waals surface area contributed by atoms with Gasteiger partial charge in [-0.2, -0.15) is 0 Å². The Morgan fingerprint density at radius 3 is 2.61 bits per heavy atom. The number of halogens is 1. The highest BCUT2D eigenvalue weighted by atomic mass is 35.5. The molecule has 0 aliphatic rings. The molecule has 0 saturated carbocycles. The van der Waals surface area contributed by atoms with Gasteiger partial charge in [-0.05, 0) is 47.2 Å². The van der Waals surface area contributed by atoms with E-state index in [1.807, 2.05) is 11.4 Å². The van der Waals surface area contributed by atoms with Crippen molar-refractivity contribution in [3.8, 4) is 5.75 Å². The lowest BCUT2D eigenvalue weighted by molar-refractivity contribution is -0.115. The first-order valence-electron chi connectivity index (χ1n) is 9.09. The fourth-order valence-electron chi connectivity index (χ4n) is 2.95. The standard InChI is InChI=1S/C22H23ClN2O2S/c1-3-15-6-8-16(9-7-15)22(20-5-4-12-28-20)24-14-21(26)25-18-13-17(23)10-11-19(18)27-2/h4-13,22,24H,3,14H2,1-2H3,(H,25,26). The van der Waals surface area contributed by atoms with Gasteiger partial charge < -0.3 is 10.1 Å². The molecule has 2 aromatic carbocycles. The molecular weight excluding hydrogens is 392 g/mol. The molecule has 2 N–H and O–H groups in total. The first-order chi connectivity index (χ1) is 13.6. The van der Waals surface area contributed by atoms with Crippen LogP contribution in [0.5, 0.6) is 5.75 Å². The van der Waals surface area contributed by atoms with Crippen LogP contribution in [0.2, 0.25) is 5.02 Å². The van der Waals surface area contributed by atoms with Gasteiger partial charge in [0, 0.05) is 9.90 Å². The minimum atomic E-state index is -0.160. The van der Waals surface area contributed by atoms with Crippen molar-refractivity contribution in [1.29, 1.82) is 0 Å². The molecule has 0 aliphatic carbocycles. The van der Waals surface area contributed by atoms with E-state index in [-0.39, 0.29) is 18.5 Å². The van der Waals surface area contributed by atoms with Crippen LogP contribution >= 0.6 is 22.9 Å². The number of hydrogen-bond donors (Lipinski definition) is 2. The number of carbonyl (C=O) groups is 1. The van der Waals surface area contributed by atoms with Gasteiger partial charge in [0.25, 0.3) is 0 Å². The number of benzene rings is 2. The molecule has 1 unspecified atom stereocenters. The van der Waals surface area contributed by atoms with E-state index in [9.17, 15) is 4.79 Å². The molecule has 0 aliphatic heterocycles. The molecule has 3 rings (SSSR count). The highest BCUT2D eigenvalue weighted by molar-refractivity contribution is 7.10. The maximum Gasteiger partial charge on any atom is 0.238 e. The molecule has 1 atom stereocenters. The molecule has 0 radical (unpaired) electrons. The van der Waals surface area contributed by atoms with Gasteiger partial charge >= 0.3 is 0 Å². The lowest BCUT2D eigenvalue weighted by Crippen LogP contribution is -2.31. The van der Waals surface area contributed by atoms with Crippen molar-refractivity contribution < 1.29 is 9.53 Å². The number of nitrogens with one attached hydrogen (secondary N) is 2. The summed E-state index contributed by atoms with van der Waals surface area (Å²) in [7, 11) is 1.56. The first kappa shape index (κ1) is 20.4.